The maximum atomic E-state index is 9.07. The Bertz CT molecular complexity index is 1830. The van der Waals surface area contributed by atoms with Crippen molar-refractivity contribution in [1.82, 2.24) is 9.36 Å². The van der Waals surface area contributed by atoms with Gasteiger partial charge in [-0.15, -0.1) is 0 Å². The number of anilines is 3. The highest BCUT2D eigenvalue weighted by atomic mass is 32.1. The molecular formula is C30H25N3S. The van der Waals surface area contributed by atoms with Gasteiger partial charge >= 0.3 is 0 Å². The Balaban J connectivity index is 1.55. The Kier molecular flexibility index (Phi) is 3.22. The topological polar surface area (TPSA) is 29.0 Å². The van der Waals surface area contributed by atoms with E-state index in [-0.39, 0.29) is 87.0 Å². The van der Waals surface area contributed by atoms with E-state index < -0.39 is 0 Å². The minimum atomic E-state index is -0.357. The van der Waals surface area contributed by atoms with Crippen LogP contribution in [-0.4, -0.2) is 9.36 Å². The van der Waals surface area contributed by atoms with Gasteiger partial charge in [-0.25, -0.2) is 4.98 Å². The summed E-state index contributed by atoms with van der Waals surface area (Å²) in [7, 11) is 0. The molecule has 5 aromatic rings. The Hall–Kier alpha value is -3.76. The SMILES string of the molecule is [2H]c1c([2H])c(-c2nc(-c3c([2H])c([2H])c(N4c5ccccc5C(C)(C)c5ccccc54)c([2H])c3[2H])ns2)c([2H])c([2H])c1C. The van der Waals surface area contributed by atoms with Crippen molar-refractivity contribution in [3.05, 3.63) is 114 Å². The number of hydrogen-bond donors (Lipinski definition) is 0. The first-order chi connectivity index (χ1) is 19.9. The first-order valence-corrected chi connectivity index (χ1v) is 11.7. The fourth-order valence-electron chi connectivity index (χ4n) is 4.35. The molecule has 0 amide bonds. The van der Waals surface area contributed by atoms with Gasteiger partial charge in [-0.1, -0.05) is 80.0 Å². The lowest BCUT2D eigenvalue weighted by Crippen LogP contribution is -2.30. The van der Waals surface area contributed by atoms with Gasteiger partial charge in [0.2, 0.25) is 0 Å². The lowest BCUT2D eigenvalue weighted by molar-refractivity contribution is 0.632. The molecule has 0 N–H and O–H groups in total. The van der Waals surface area contributed by atoms with Gasteiger partial charge in [0.15, 0.2) is 5.82 Å². The molecule has 0 fully saturated rings. The first kappa shape index (κ1) is 13.8. The van der Waals surface area contributed by atoms with Crippen LogP contribution in [0.4, 0.5) is 17.1 Å². The van der Waals surface area contributed by atoms with Gasteiger partial charge in [0.25, 0.3) is 0 Å². The van der Waals surface area contributed by atoms with Gasteiger partial charge in [0.1, 0.15) is 5.01 Å². The number of aromatic nitrogens is 2. The number of nitrogens with zero attached hydrogens (tertiary/aromatic N) is 3. The van der Waals surface area contributed by atoms with Gasteiger partial charge in [0.05, 0.1) is 22.3 Å². The van der Waals surface area contributed by atoms with Crippen LogP contribution in [0.2, 0.25) is 0 Å². The van der Waals surface area contributed by atoms with E-state index in [0.717, 1.165) is 34.0 Å². The van der Waals surface area contributed by atoms with Crippen molar-refractivity contribution in [2.45, 2.75) is 26.2 Å². The smallest absolute Gasteiger partial charge is 0.173 e. The van der Waals surface area contributed by atoms with Crippen molar-refractivity contribution >= 4 is 28.6 Å². The van der Waals surface area contributed by atoms with Crippen LogP contribution in [0.15, 0.2) is 96.9 Å². The van der Waals surface area contributed by atoms with Crippen LogP contribution in [0.5, 0.6) is 0 Å². The standard InChI is InChI=1S/C30H25N3S/c1-20-12-14-22(15-13-20)29-31-28(32-34-29)21-16-18-23(19-17-21)33-26-10-6-4-8-24(26)30(2,3)25-9-5-7-11-27(25)33/h4-19H,1-3H3/i12D,13D,14D,15D,16D,17D,18D,19D. The van der Waals surface area contributed by atoms with Gasteiger partial charge < -0.3 is 4.90 Å². The zero-order valence-electron chi connectivity index (χ0n) is 26.9. The molecule has 1 aliphatic heterocycles. The minimum Gasteiger partial charge on any atom is -0.310 e. The summed E-state index contributed by atoms with van der Waals surface area (Å²) in [6.45, 7) is 5.76. The van der Waals surface area contributed by atoms with Crippen molar-refractivity contribution in [3.8, 4) is 22.0 Å². The number of rotatable bonds is 3. The molecule has 2 heterocycles. The Morgan fingerprint density at radius 1 is 0.765 bits per heavy atom. The summed E-state index contributed by atoms with van der Waals surface area (Å²) in [6.07, 6.45) is 0. The van der Waals surface area contributed by atoms with Crippen LogP contribution in [0.1, 0.15) is 41.5 Å². The molecule has 1 aliphatic rings. The number of hydrogen-bond acceptors (Lipinski definition) is 4. The van der Waals surface area contributed by atoms with Gasteiger partial charge in [0, 0.05) is 22.2 Å². The third-order valence-electron chi connectivity index (χ3n) is 6.09. The van der Waals surface area contributed by atoms with Gasteiger partial charge in [-0.3, -0.25) is 0 Å². The predicted octanol–water partition coefficient (Wildman–Crippen LogP) is 8.29. The molecule has 0 unspecified atom stereocenters. The molecule has 4 aromatic carbocycles. The lowest BCUT2D eigenvalue weighted by Gasteiger charge is -2.42. The second-order valence-corrected chi connectivity index (χ2v) is 9.39. The number of benzene rings is 4. The highest BCUT2D eigenvalue weighted by molar-refractivity contribution is 7.09. The Labute approximate surface area is 215 Å². The van der Waals surface area contributed by atoms with E-state index in [1.807, 2.05) is 48.5 Å². The molecule has 0 radical (unpaired) electrons. The highest BCUT2D eigenvalue weighted by Crippen LogP contribution is 2.51. The van der Waals surface area contributed by atoms with E-state index in [1.54, 1.807) is 4.90 Å². The van der Waals surface area contributed by atoms with Crippen molar-refractivity contribution in [2.24, 2.45) is 0 Å². The van der Waals surface area contributed by atoms with E-state index in [9.17, 15) is 0 Å². The predicted molar refractivity (Wildman–Crippen MR) is 142 cm³/mol. The first-order valence-electron chi connectivity index (χ1n) is 14.9. The average Bonchev–Trinajstić information content (AvgIpc) is 3.45. The average molecular weight is 468 g/mol. The second-order valence-electron chi connectivity index (χ2n) is 8.64. The number of fused-ring (bicyclic) bond motifs is 2. The van der Waals surface area contributed by atoms with E-state index in [4.69, 9.17) is 11.0 Å². The molecular weight excluding hydrogens is 434 g/mol. The summed E-state index contributed by atoms with van der Waals surface area (Å²) in [4.78, 5) is 6.19. The van der Waals surface area contributed by atoms with Crippen LogP contribution in [0.3, 0.4) is 0 Å². The lowest BCUT2D eigenvalue weighted by atomic mass is 9.73. The zero-order chi connectivity index (χ0) is 30.2. The summed E-state index contributed by atoms with van der Waals surface area (Å²) < 4.78 is 73.4. The minimum absolute atomic E-state index is 0.0182. The summed E-state index contributed by atoms with van der Waals surface area (Å²) in [5, 5.41) is 0.101. The van der Waals surface area contributed by atoms with Crippen LogP contribution >= 0.6 is 11.5 Å². The molecule has 6 rings (SSSR count). The maximum Gasteiger partial charge on any atom is 0.173 e. The van der Waals surface area contributed by atoms with Crippen LogP contribution in [0.25, 0.3) is 22.0 Å². The fraction of sp³-hybridized carbons (Fsp3) is 0.133. The Morgan fingerprint density at radius 2 is 1.32 bits per heavy atom. The molecule has 4 heteroatoms. The van der Waals surface area contributed by atoms with Crippen molar-refractivity contribution in [2.75, 3.05) is 4.90 Å². The number of para-hydroxylation sites is 2. The maximum absolute atomic E-state index is 9.07. The molecule has 34 heavy (non-hydrogen) atoms. The highest BCUT2D eigenvalue weighted by Gasteiger charge is 2.36. The van der Waals surface area contributed by atoms with E-state index in [1.165, 1.54) is 6.92 Å². The van der Waals surface area contributed by atoms with Crippen molar-refractivity contribution in [3.63, 3.8) is 0 Å². The van der Waals surface area contributed by atoms with Crippen LogP contribution in [-0.2, 0) is 5.41 Å². The summed E-state index contributed by atoms with van der Waals surface area (Å²) in [5.74, 6) is -0.0726. The largest absolute Gasteiger partial charge is 0.310 e. The molecule has 0 saturated heterocycles. The molecule has 3 nitrogen and oxygen atoms in total. The zero-order valence-corrected chi connectivity index (χ0v) is 19.7. The van der Waals surface area contributed by atoms with E-state index in [2.05, 4.69) is 23.2 Å². The third-order valence-corrected chi connectivity index (χ3v) is 6.82. The summed E-state index contributed by atoms with van der Waals surface area (Å²) in [6, 6.07) is 13.5. The molecule has 0 spiro atoms. The van der Waals surface area contributed by atoms with Crippen molar-refractivity contribution in [1.29, 1.82) is 0 Å². The summed E-state index contributed by atoms with van der Waals surface area (Å²) in [5.41, 5.74) is 3.38. The molecule has 0 saturated carbocycles. The van der Waals surface area contributed by atoms with E-state index in [0.29, 0.717) is 0 Å². The van der Waals surface area contributed by atoms with Crippen LogP contribution in [0, 0.1) is 6.92 Å². The summed E-state index contributed by atoms with van der Waals surface area (Å²) >= 11 is 0.824. The monoisotopic (exact) mass is 467 g/mol. The van der Waals surface area contributed by atoms with Crippen LogP contribution < -0.4 is 4.90 Å². The van der Waals surface area contributed by atoms with Gasteiger partial charge in [-0.05, 0) is 65.9 Å². The Morgan fingerprint density at radius 3 is 1.94 bits per heavy atom. The van der Waals surface area contributed by atoms with E-state index >= 15 is 0 Å². The molecule has 166 valence electrons. The molecule has 0 bridgehead atoms. The normalized spacial score (nSPS) is 17.2. The molecule has 0 atom stereocenters. The second kappa shape index (κ2) is 7.93. The molecule has 0 aliphatic carbocycles. The molecule has 1 aromatic heterocycles. The third kappa shape index (κ3) is 3.34. The van der Waals surface area contributed by atoms with Gasteiger partial charge in [-0.2, -0.15) is 4.37 Å². The quantitative estimate of drug-likeness (QED) is 0.267. The van der Waals surface area contributed by atoms with Crippen molar-refractivity contribution < 1.29 is 11.0 Å². The fourth-order valence-corrected chi connectivity index (χ4v) is 4.97.